The third kappa shape index (κ3) is 2.67. The molecule has 3 fully saturated rings. The summed E-state index contributed by atoms with van der Waals surface area (Å²) in [5.74, 6) is 3.62. The quantitative estimate of drug-likeness (QED) is 0.690. The minimum atomic E-state index is -0.223. The van der Waals surface area contributed by atoms with Crippen molar-refractivity contribution in [3.63, 3.8) is 0 Å². The predicted octanol–water partition coefficient (Wildman–Crippen LogP) is 5.53. The number of carbonyl (C=O) groups excluding carboxylic acids is 1. The first-order valence-electron chi connectivity index (χ1n) is 11.1. The molecule has 0 aromatic carbocycles. The molecular formula is C24H37NOS. The number of allylic oxidation sites excluding steroid dienone is 1. The first-order chi connectivity index (χ1) is 12.8. The Hall–Kier alpha value is -0.540. The smallest absolute Gasteiger partial charge is 0.146 e. The fourth-order valence-corrected chi connectivity index (χ4v) is 8.07. The largest absolute Gasteiger partial charge is 0.321 e. The number of rotatable bonds is 4. The van der Waals surface area contributed by atoms with Gasteiger partial charge in [0.15, 0.2) is 0 Å². The van der Waals surface area contributed by atoms with Crippen LogP contribution in [0.4, 0.5) is 0 Å². The van der Waals surface area contributed by atoms with Gasteiger partial charge in [-0.1, -0.05) is 51.8 Å². The number of thioether (sulfide) groups is 1. The Morgan fingerprint density at radius 2 is 1.93 bits per heavy atom. The van der Waals surface area contributed by atoms with Gasteiger partial charge in [0.1, 0.15) is 5.78 Å². The maximum Gasteiger partial charge on any atom is 0.146 e. The van der Waals surface area contributed by atoms with Crippen molar-refractivity contribution in [2.45, 2.75) is 77.7 Å². The van der Waals surface area contributed by atoms with E-state index in [1.165, 1.54) is 38.5 Å². The lowest BCUT2D eigenvalue weighted by Gasteiger charge is -2.61. The summed E-state index contributed by atoms with van der Waals surface area (Å²) in [6.45, 7) is 11.5. The second-order valence-corrected chi connectivity index (χ2v) is 11.4. The van der Waals surface area contributed by atoms with Gasteiger partial charge in [0.25, 0.3) is 0 Å². The average Bonchev–Trinajstić information content (AvgIpc) is 2.99. The molecule has 4 rings (SSSR count). The van der Waals surface area contributed by atoms with E-state index >= 15 is 0 Å². The number of hydrogen-bond donors (Lipinski definition) is 1. The lowest BCUT2D eigenvalue weighted by Crippen LogP contribution is -2.63. The van der Waals surface area contributed by atoms with Crippen LogP contribution in [-0.2, 0) is 4.79 Å². The van der Waals surface area contributed by atoms with Crippen LogP contribution in [0, 0.1) is 28.6 Å². The third-order valence-corrected chi connectivity index (χ3v) is 10.1. The van der Waals surface area contributed by atoms with Gasteiger partial charge in [-0.3, -0.25) is 4.79 Å². The van der Waals surface area contributed by atoms with Gasteiger partial charge in [0.2, 0.25) is 0 Å². The number of Topliss-reactive ketones (excluding diaryl/α,β-unsaturated/α-hetero) is 1. The Morgan fingerprint density at radius 1 is 1.19 bits per heavy atom. The molecule has 0 bridgehead atoms. The normalized spacial score (nSPS) is 46.3. The SMILES string of the molecule is C=C1C=C2C3CCC(C(=O)CSCC)C3(C)CCC2C2(C)CCCCC12N. The molecular weight excluding hydrogens is 350 g/mol. The van der Waals surface area contributed by atoms with E-state index in [2.05, 4.69) is 33.4 Å². The standard InChI is InChI=1S/C24H37NOS/c1-5-27-15-21(26)20-9-8-18-17-14-16(2)24(25)12-7-6-11-23(24,4)19(17)10-13-22(18,20)3/h14,18-20H,2,5-13,15,25H2,1,3-4H3. The summed E-state index contributed by atoms with van der Waals surface area (Å²) >= 11 is 1.78. The molecule has 0 aromatic rings. The summed E-state index contributed by atoms with van der Waals surface area (Å²) in [6.07, 6.45) is 11.9. The second kappa shape index (κ2) is 6.76. The summed E-state index contributed by atoms with van der Waals surface area (Å²) in [5.41, 5.74) is 9.89. The zero-order valence-electron chi connectivity index (χ0n) is 17.5. The maximum absolute atomic E-state index is 13.0. The average molecular weight is 388 g/mol. The third-order valence-electron chi connectivity index (χ3n) is 9.17. The van der Waals surface area contributed by atoms with E-state index in [0.29, 0.717) is 23.4 Å². The van der Waals surface area contributed by atoms with E-state index in [4.69, 9.17) is 5.73 Å². The molecule has 0 heterocycles. The molecule has 3 heteroatoms. The minimum absolute atomic E-state index is 0.146. The van der Waals surface area contributed by atoms with E-state index in [-0.39, 0.29) is 22.3 Å². The Bertz CT molecular complexity index is 684. The van der Waals surface area contributed by atoms with Crippen molar-refractivity contribution in [2.24, 2.45) is 34.3 Å². The highest BCUT2D eigenvalue weighted by molar-refractivity contribution is 7.99. The molecule has 0 amide bonds. The molecule has 4 aliphatic rings. The highest BCUT2D eigenvalue weighted by Crippen LogP contribution is 2.67. The van der Waals surface area contributed by atoms with Crippen molar-refractivity contribution < 1.29 is 4.79 Å². The van der Waals surface area contributed by atoms with Gasteiger partial charge in [0, 0.05) is 11.5 Å². The van der Waals surface area contributed by atoms with Gasteiger partial charge in [-0.2, -0.15) is 11.8 Å². The number of hydrogen-bond acceptors (Lipinski definition) is 3. The van der Waals surface area contributed by atoms with Gasteiger partial charge in [0.05, 0.1) is 5.75 Å². The van der Waals surface area contributed by atoms with E-state index in [1.54, 1.807) is 17.3 Å². The topological polar surface area (TPSA) is 43.1 Å². The Labute approximate surface area is 169 Å². The molecule has 3 saturated carbocycles. The van der Waals surface area contributed by atoms with Crippen LogP contribution >= 0.6 is 11.8 Å². The molecule has 6 unspecified atom stereocenters. The highest BCUT2D eigenvalue weighted by Gasteiger charge is 2.62. The van der Waals surface area contributed by atoms with Crippen molar-refractivity contribution in [3.8, 4) is 0 Å². The highest BCUT2D eigenvalue weighted by atomic mass is 32.2. The van der Waals surface area contributed by atoms with Crippen LogP contribution in [0.1, 0.15) is 72.1 Å². The van der Waals surface area contributed by atoms with Crippen LogP contribution in [-0.4, -0.2) is 22.8 Å². The molecule has 2 nitrogen and oxygen atoms in total. The Balaban J connectivity index is 1.67. The van der Waals surface area contributed by atoms with Crippen molar-refractivity contribution >= 4 is 17.5 Å². The maximum atomic E-state index is 13.0. The Kier molecular flexibility index (Phi) is 4.95. The molecule has 2 N–H and O–H groups in total. The van der Waals surface area contributed by atoms with E-state index < -0.39 is 0 Å². The van der Waals surface area contributed by atoms with E-state index in [9.17, 15) is 4.79 Å². The summed E-state index contributed by atoms with van der Waals surface area (Å²) < 4.78 is 0. The zero-order chi connectivity index (χ0) is 19.4. The molecule has 4 aliphatic carbocycles. The summed E-state index contributed by atoms with van der Waals surface area (Å²) in [5, 5.41) is 0. The van der Waals surface area contributed by atoms with E-state index in [1.807, 2.05) is 0 Å². The summed E-state index contributed by atoms with van der Waals surface area (Å²) in [6, 6.07) is 0. The van der Waals surface area contributed by atoms with Crippen LogP contribution in [0.2, 0.25) is 0 Å². The van der Waals surface area contributed by atoms with Gasteiger partial charge < -0.3 is 5.73 Å². The molecule has 6 atom stereocenters. The van der Waals surface area contributed by atoms with Crippen LogP contribution in [0.5, 0.6) is 0 Å². The lowest BCUT2D eigenvalue weighted by atomic mass is 9.45. The molecule has 150 valence electrons. The predicted molar refractivity (Wildman–Crippen MR) is 116 cm³/mol. The molecule has 0 spiro atoms. The van der Waals surface area contributed by atoms with Crippen molar-refractivity contribution in [1.29, 1.82) is 0 Å². The van der Waals surface area contributed by atoms with Gasteiger partial charge in [-0.15, -0.1) is 0 Å². The van der Waals surface area contributed by atoms with Crippen LogP contribution in [0.3, 0.4) is 0 Å². The minimum Gasteiger partial charge on any atom is -0.321 e. The van der Waals surface area contributed by atoms with Gasteiger partial charge in [-0.25, -0.2) is 0 Å². The number of ketones is 1. The van der Waals surface area contributed by atoms with Crippen molar-refractivity contribution in [1.82, 2.24) is 0 Å². The Morgan fingerprint density at radius 3 is 2.67 bits per heavy atom. The van der Waals surface area contributed by atoms with Crippen LogP contribution in [0.25, 0.3) is 0 Å². The first-order valence-corrected chi connectivity index (χ1v) is 12.2. The zero-order valence-corrected chi connectivity index (χ0v) is 18.3. The fraction of sp³-hybridized carbons (Fsp3) is 0.792. The lowest BCUT2D eigenvalue weighted by molar-refractivity contribution is -0.124. The van der Waals surface area contributed by atoms with Crippen molar-refractivity contribution in [2.75, 3.05) is 11.5 Å². The molecule has 0 aliphatic heterocycles. The first kappa shape index (κ1) is 19.8. The monoisotopic (exact) mass is 387 g/mol. The fourth-order valence-electron chi connectivity index (χ4n) is 7.46. The molecule has 27 heavy (non-hydrogen) atoms. The number of fused-ring (bicyclic) bond motifs is 5. The van der Waals surface area contributed by atoms with Gasteiger partial charge >= 0.3 is 0 Å². The second-order valence-electron chi connectivity index (χ2n) is 10.1. The van der Waals surface area contributed by atoms with Crippen LogP contribution in [0.15, 0.2) is 23.8 Å². The molecule has 0 radical (unpaired) electrons. The summed E-state index contributed by atoms with van der Waals surface area (Å²) in [7, 11) is 0. The summed E-state index contributed by atoms with van der Waals surface area (Å²) in [4.78, 5) is 13.0. The van der Waals surface area contributed by atoms with Crippen molar-refractivity contribution in [3.05, 3.63) is 23.8 Å². The van der Waals surface area contributed by atoms with Gasteiger partial charge in [-0.05, 0) is 72.5 Å². The molecule has 0 saturated heterocycles. The molecule has 0 aromatic heterocycles. The van der Waals surface area contributed by atoms with Crippen LogP contribution < -0.4 is 5.73 Å². The number of carbonyl (C=O) groups is 1. The number of nitrogens with two attached hydrogens (primary N) is 1. The van der Waals surface area contributed by atoms with E-state index in [0.717, 1.165) is 24.2 Å².